The van der Waals surface area contributed by atoms with Gasteiger partial charge in [-0.3, -0.25) is 14.4 Å². The summed E-state index contributed by atoms with van der Waals surface area (Å²) in [5.41, 5.74) is 1.50. The number of nitrogens with zero attached hydrogens (tertiary/aromatic N) is 1. The molecule has 1 heterocycles. The lowest BCUT2D eigenvalue weighted by atomic mass is 9.94. The number of benzene rings is 1. The summed E-state index contributed by atoms with van der Waals surface area (Å²) in [5.74, 6) is -0.408. The van der Waals surface area contributed by atoms with Gasteiger partial charge < -0.3 is 15.0 Å². The van der Waals surface area contributed by atoms with E-state index in [9.17, 15) is 14.4 Å². The Labute approximate surface area is 183 Å². The minimum atomic E-state index is -0.385. The second kappa shape index (κ2) is 10.8. The molecule has 2 amide bonds. The van der Waals surface area contributed by atoms with Crippen LogP contribution in [0.2, 0.25) is 5.02 Å². The smallest absolute Gasteiger partial charge is 0.306 e. The highest BCUT2D eigenvalue weighted by atomic mass is 35.5. The van der Waals surface area contributed by atoms with E-state index in [-0.39, 0.29) is 36.5 Å². The Kier molecular flexibility index (Phi) is 8.14. The van der Waals surface area contributed by atoms with Gasteiger partial charge in [-0.2, -0.15) is 0 Å². The minimum Gasteiger partial charge on any atom is -0.466 e. The summed E-state index contributed by atoms with van der Waals surface area (Å²) in [6.45, 7) is 2.88. The zero-order valence-electron chi connectivity index (χ0n) is 17.6. The molecule has 2 fully saturated rings. The number of anilines is 1. The SMILES string of the molecule is CCOC(=O)CCC(=O)Nc1ccc(CC2CCN(C3CCCCC3)C2=O)c(Cl)c1. The van der Waals surface area contributed by atoms with Crippen molar-refractivity contribution in [2.75, 3.05) is 18.5 Å². The van der Waals surface area contributed by atoms with Crippen LogP contribution in [0.5, 0.6) is 0 Å². The molecule has 0 aromatic heterocycles. The van der Waals surface area contributed by atoms with Crippen LogP contribution in [0, 0.1) is 5.92 Å². The molecule has 1 saturated carbocycles. The summed E-state index contributed by atoms with van der Waals surface area (Å²) in [6, 6.07) is 5.79. The molecule has 3 rings (SSSR count). The van der Waals surface area contributed by atoms with Crippen LogP contribution < -0.4 is 5.32 Å². The third kappa shape index (κ3) is 5.97. The number of halogens is 1. The molecule has 0 radical (unpaired) electrons. The van der Waals surface area contributed by atoms with Gasteiger partial charge in [-0.25, -0.2) is 0 Å². The monoisotopic (exact) mass is 434 g/mol. The maximum absolute atomic E-state index is 12.9. The zero-order chi connectivity index (χ0) is 21.5. The number of carbonyl (C=O) groups is 3. The van der Waals surface area contributed by atoms with E-state index in [1.165, 1.54) is 19.3 Å². The van der Waals surface area contributed by atoms with Crippen LogP contribution in [0.15, 0.2) is 18.2 Å². The molecular weight excluding hydrogens is 404 g/mol. The summed E-state index contributed by atoms with van der Waals surface area (Å²) < 4.78 is 4.82. The first kappa shape index (κ1) is 22.6. The number of hydrogen-bond acceptors (Lipinski definition) is 4. The molecule has 1 saturated heterocycles. The fourth-order valence-electron chi connectivity index (χ4n) is 4.44. The van der Waals surface area contributed by atoms with Crippen molar-refractivity contribution in [3.63, 3.8) is 0 Å². The van der Waals surface area contributed by atoms with Crippen molar-refractivity contribution in [3.8, 4) is 0 Å². The fourth-order valence-corrected chi connectivity index (χ4v) is 4.69. The Hall–Kier alpha value is -2.08. The Balaban J connectivity index is 1.52. The topological polar surface area (TPSA) is 75.7 Å². The van der Waals surface area contributed by atoms with Crippen LogP contribution in [0.4, 0.5) is 5.69 Å². The third-order valence-electron chi connectivity index (χ3n) is 6.03. The highest BCUT2D eigenvalue weighted by Crippen LogP contribution is 2.32. The highest BCUT2D eigenvalue weighted by molar-refractivity contribution is 6.31. The molecule has 1 aromatic carbocycles. The van der Waals surface area contributed by atoms with Crippen LogP contribution >= 0.6 is 11.6 Å². The van der Waals surface area contributed by atoms with Crippen LogP contribution in [-0.2, 0) is 25.5 Å². The van der Waals surface area contributed by atoms with Crippen molar-refractivity contribution < 1.29 is 19.1 Å². The van der Waals surface area contributed by atoms with E-state index in [0.29, 0.717) is 29.8 Å². The van der Waals surface area contributed by atoms with Gasteiger partial charge in [0.2, 0.25) is 11.8 Å². The van der Waals surface area contributed by atoms with Gasteiger partial charge in [0.1, 0.15) is 0 Å². The van der Waals surface area contributed by atoms with Crippen LogP contribution in [0.25, 0.3) is 0 Å². The van der Waals surface area contributed by atoms with Crippen molar-refractivity contribution in [2.24, 2.45) is 5.92 Å². The molecule has 1 N–H and O–H groups in total. The van der Waals surface area contributed by atoms with Gasteiger partial charge in [-0.1, -0.05) is 36.9 Å². The van der Waals surface area contributed by atoms with E-state index in [1.807, 2.05) is 6.07 Å². The lowest BCUT2D eigenvalue weighted by Crippen LogP contribution is -2.39. The second-order valence-corrected chi connectivity index (χ2v) is 8.58. The Morgan fingerprint density at radius 3 is 2.63 bits per heavy atom. The van der Waals surface area contributed by atoms with Gasteiger partial charge in [-0.15, -0.1) is 0 Å². The number of amides is 2. The van der Waals surface area contributed by atoms with Crippen molar-refractivity contribution in [1.29, 1.82) is 0 Å². The first-order valence-corrected chi connectivity index (χ1v) is 11.4. The molecule has 2 aliphatic rings. The first-order valence-electron chi connectivity index (χ1n) is 11.0. The van der Waals surface area contributed by atoms with Crippen molar-refractivity contribution >= 4 is 35.1 Å². The fraction of sp³-hybridized carbons (Fsp3) is 0.609. The predicted octanol–water partition coefficient (Wildman–Crippen LogP) is 4.35. The summed E-state index contributed by atoms with van der Waals surface area (Å²) in [7, 11) is 0. The third-order valence-corrected chi connectivity index (χ3v) is 6.38. The summed E-state index contributed by atoms with van der Waals surface area (Å²) in [5, 5.41) is 3.30. The summed E-state index contributed by atoms with van der Waals surface area (Å²) in [4.78, 5) is 38.4. The van der Waals surface area contributed by atoms with Crippen molar-refractivity contribution in [3.05, 3.63) is 28.8 Å². The molecule has 1 atom stereocenters. The molecule has 1 unspecified atom stereocenters. The number of carbonyl (C=O) groups excluding carboxylic acids is 3. The maximum Gasteiger partial charge on any atom is 0.306 e. The molecule has 6 nitrogen and oxygen atoms in total. The van der Waals surface area contributed by atoms with Gasteiger partial charge >= 0.3 is 5.97 Å². The van der Waals surface area contributed by atoms with E-state index in [1.54, 1.807) is 19.1 Å². The molecule has 0 bridgehead atoms. The number of rotatable bonds is 8. The van der Waals surface area contributed by atoms with E-state index < -0.39 is 0 Å². The maximum atomic E-state index is 12.9. The molecule has 164 valence electrons. The quantitative estimate of drug-likeness (QED) is 0.617. The molecule has 30 heavy (non-hydrogen) atoms. The molecule has 1 aromatic rings. The zero-order valence-corrected chi connectivity index (χ0v) is 18.4. The number of nitrogens with one attached hydrogen (secondary N) is 1. The molecule has 1 aliphatic heterocycles. The average molecular weight is 435 g/mol. The molecule has 1 aliphatic carbocycles. The summed E-state index contributed by atoms with van der Waals surface area (Å²) in [6.07, 6.45) is 7.58. The van der Waals surface area contributed by atoms with Crippen LogP contribution in [0.1, 0.15) is 63.9 Å². The molecule has 7 heteroatoms. The highest BCUT2D eigenvalue weighted by Gasteiger charge is 2.36. The number of ether oxygens (including phenoxy) is 1. The van der Waals surface area contributed by atoms with E-state index in [2.05, 4.69) is 10.2 Å². The van der Waals surface area contributed by atoms with Crippen LogP contribution in [-0.4, -0.2) is 41.9 Å². The van der Waals surface area contributed by atoms with Gasteiger partial charge in [0.05, 0.1) is 13.0 Å². The lowest BCUT2D eigenvalue weighted by Gasteiger charge is -2.31. The van der Waals surface area contributed by atoms with E-state index in [4.69, 9.17) is 16.3 Å². The number of hydrogen-bond donors (Lipinski definition) is 1. The Morgan fingerprint density at radius 2 is 1.93 bits per heavy atom. The predicted molar refractivity (Wildman–Crippen MR) is 116 cm³/mol. The van der Waals surface area contributed by atoms with Gasteiger partial charge in [-0.05, 0) is 50.3 Å². The van der Waals surface area contributed by atoms with Gasteiger partial charge in [0.15, 0.2) is 0 Å². The average Bonchev–Trinajstić information content (AvgIpc) is 3.09. The standard InChI is InChI=1S/C23H31ClN2O4/c1-2-30-22(28)11-10-21(27)25-18-9-8-16(20(24)15-18)14-17-12-13-26(23(17)29)19-6-4-3-5-7-19/h8-9,15,17,19H,2-7,10-14H2,1H3,(H,25,27). The van der Waals surface area contributed by atoms with Crippen molar-refractivity contribution in [2.45, 2.75) is 70.8 Å². The molecule has 0 spiro atoms. The summed E-state index contributed by atoms with van der Waals surface area (Å²) >= 11 is 6.44. The van der Waals surface area contributed by atoms with Crippen LogP contribution in [0.3, 0.4) is 0 Å². The molecular formula is C23H31ClN2O4. The lowest BCUT2D eigenvalue weighted by molar-refractivity contribution is -0.144. The van der Waals surface area contributed by atoms with E-state index >= 15 is 0 Å². The largest absolute Gasteiger partial charge is 0.466 e. The normalized spacial score (nSPS) is 19.7. The van der Waals surface area contributed by atoms with Crippen molar-refractivity contribution in [1.82, 2.24) is 4.90 Å². The Morgan fingerprint density at radius 1 is 1.17 bits per heavy atom. The number of esters is 1. The Bertz CT molecular complexity index is 776. The first-order chi connectivity index (χ1) is 14.5. The van der Waals surface area contributed by atoms with E-state index in [0.717, 1.165) is 31.4 Å². The van der Waals surface area contributed by atoms with Gasteiger partial charge in [0.25, 0.3) is 0 Å². The second-order valence-electron chi connectivity index (χ2n) is 8.17. The number of likely N-dealkylation sites (tertiary alicyclic amines) is 1. The minimum absolute atomic E-state index is 0.0190. The van der Waals surface area contributed by atoms with Gasteiger partial charge in [0, 0.05) is 35.6 Å².